The summed E-state index contributed by atoms with van der Waals surface area (Å²) in [5.74, 6) is 0. The van der Waals surface area contributed by atoms with Gasteiger partial charge in [0.15, 0.2) is 0 Å². The molecule has 0 saturated heterocycles. The summed E-state index contributed by atoms with van der Waals surface area (Å²) < 4.78 is 4.63. The van der Waals surface area contributed by atoms with E-state index >= 15 is 0 Å². The van der Waals surface area contributed by atoms with Crippen molar-refractivity contribution in [1.82, 2.24) is 0 Å². The van der Waals surface area contributed by atoms with Crippen molar-refractivity contribution in [2.24, 2.45) is 0 Å². The Morgan fingerprint density at radius 1 is 1.07 bits per heavy atom. The Bertz CT molecular complexity index is 230. The second kappa shape index (κ2) is 10.9. The lowest BCUT2D eigenvalue weighted by Crippen LogP contribution is -2.03. The minimum atomic E-state index is 0.0278. The van der Waals surface area contributed by atoms with E-state index in [1.807, 2.05) is 36.4 Å². The van der Waals surface area contributed by atoms with Crippen molar-refractivity contribution < 1.29 is 14.9 Å². The van der Waals surface area contributed by atoms with Gasteiger partial charge in [0.05, 0.1) is 26.4 Å². The van der Waals surface area contributed by atoms with Crippen LogP contribution in [0.25, 0.3) is 6.08 Å². The molecule has 1 aromatic carbocycles. The number of hydrogen-bond donors (Lipinski definition) is 2. The summed E-state index contributed by atoms with van der Waals surface area (Å²) in [4.78, 5) is 0. The molecule has 0 radical (unpaired) electrons. The molecule has 1 aromatic rings. The average molecular weight is 210 g/mol. The van der Waals surface area contributed by atoms with E-state index in [0.29, 0.717) is 13.2 Å². The van der Waals surface area contributed by atoms with Crippen LogP contribution in [-0.4, -0.2) is 36.6 Å². The van der Waals surface area contributed by atoms with Crippen LogP contribution in [0.15, 0.2) is 36.9 Å². The van der Waals surface area contributed by atoms with Crippen LogP contribution in [0.3, 0.4) is 0 Å². The monoisotopic (exact) mass is 210 g/mol. The molecule has 2 N–H and O–H groups in total. The van der Waals surface area contributed by atoms with Gasteiger partial charge in [-0.05, 0) is 5.56 Å². The zero-order chi connectivity index (χ0) is 11.4. The van der Waals surface area contributed by atoms with E-state index in [9.17, 15) is 0 Å². The molecule has 0 bridgehead atoms. The van der Waals surface area contributed by atoms with Gasteiger partial charge in [0, 0.05) is 0 Å². The van der Waals surface area contributed by atoms with Crippen molar-refractivity contribution in [3.05, 3.63) is 42.5 Å². The van der Waals surface area contributed by atoms with Crippen molar-refractivity contribution >= 4 is 6.08 Å². The molecule has 0 spiro atoms. The number of benzene rings is 1. The van der Waals surface area contributed by atoms with E-state index in [1.165, 1.54) is 5.56 Å². The van der Waals surface area contributed by atoms with Crippen LogP contribution < -0.4 is 0 Å². The molecule has 0 aliphatic carbocycles. The highest BCUT2D eigenvalue weighted by atomic mass is 16.5. The van der Waals surface area contributed by atoms with Gasteiger partial charge in [0.1, 0.15) is 0 Å². The Morgan fingerprint density at radius 2 is 1.60 bits per heavy atom. The first kappa shape index (κ1) is 13.8. The molecule has 0 amide bonds. The Balaban J connectivity index is 0.000000265. The molecule has 0 aliphatic heterocycles. The second-order valence-electron chi connectivity index (χ2n) is 2.67. The fraction of sp³-hybridized carbons (Fsp3) is 0.333. The second-order valence-corrected chi connectivity index (χ2v) is 2.67. The highest BCUT2D eigenvalue weighted by molar-refractivity contribution is 5.45. The maximum atomic E-state index is 8.09. The molecule has 3 heteroatoms. The van der Waals surface area contributed by atoms with Crippen LogP contribution in [0.2, 0.25) is 0 Å². The molecule has 3 nitrogen and oxygen atoms in total. The molecule has 15 heavy (non-hydrogen) atoms. The fourth-order valence-electron chi connectivity index (χ4n) is 0.820. The molecule has 0 fully saturated rings. The van der Waals surface area contributed by atoms with Gasteiger partial charge in [-0.3, -0.25) is 0 Å². The predicted octanol–water partition coefficient (Wildman–Crippen LogP) is 1.32. The highest BCUT2D eigenvalue weighted by Gasteiger charge is 1.79. The van der Waals surface area contributed by atoms with E-state index in [2.05, 4.69) is 11.3 Å². The lowest BCUT2D eigenvalue weighted by atomic mass is 10.2. The Kier molecular flexibility index (Phi) is 10.1. The third-order valence-electron chi connectivity index (χ3n) is 1.51. The summed E-state index contributed by atoms with van der Waals surface area (Å²) in [6.07, 6.45) is 1.83. The van der Waals surface area contributed by atoms with Crippen LogP contribution >= 0.6 is 0 Å². The number of ether oxygens (including phenoxy) is 1. The largest absolute Gasteiger partial charge is 0.394 e. The maximum Gasteiger partial charge on any atom is 0.0698 e. The normalized spacial score (nSPS) is 8.93. The molecular weight excluding hydrogens is 192 g/mol. The molecule has 0 saturated carbocycles. The van der Waals surface area contributed by atoms with Gasteiger partial charge in [-0.25, -0.2) is 0 Å². The minimum absolute atomic E-state index is 0.0278. The molecule has 0 heterocycles. The van der Waals surface area contributed by atoms with Crippen molar-refractivity contribution in [3.8, 4) is 0 Å². The van der Waals surface area contributed by atoms with E-state index in [4.69, 9.17) is 10.2 Å². The zero-order valence-electron chi connectivity index (χ0n) is 8.80. The zero-order valence-corrected chi connectivity index (χ0v) is 8.80. The first-order chi connectivity index (χ1) is 7.35. The predicted molar refractivity (Wildman–Crippen MR) is 61.5 cm³/mol. The van der Waals surface area contributed by atoms with Gasteiger partial charge in [-0.15, -0.1) is 0 Å². The Hall–Kier alpha value is -1.16. The molecule has 1 rings (SSSR count). The van der Waals surface area contributed by atoms with Crippen LogP contribution in [-0.2, 0) is 4.74 Å². The number of aliphatic hydroxyl groups is 2. The lowest BCUT2D eigenvalue weighted by Gasteiger charge is -1.94. The Labute approximate surface area is 90.6 Å². The average Bonchev–Trinajstić information content (AvgIpc) is 2.32. The molecule has 0 atom stereocenters. The third kappa shape index (κ3) is 9.15. The van der Waals surface area contributed by atoms with Crippen LogP contribution in [0.4, 0.5) is 0 Å². The molecule has 0 unspecified atom stereocenters. The van der Waals surface area contributed by atoms with E-state index in [1.54, 1.807) is 0 Å². The van der Waals surface area contributed by atoms with Crippen molar-refractivity contribution in [2.45, 2.75) is 0 Å². The van der Waals surface area contributed by atoms with Gasteiger partial charge in [-0.2, -0.15) is 0 Å². The molecule has 0 aliphatic rings. The quantitative estimate of drug-likeness (QED) is 0.721. The van der Waals surface area contributed by atoms with Crippen LogP contribution in [0.1, 0.15) is 5.56 Å². The summed E-state index contributed by atoms with van der Waals surface area (Å²) in [6, 6.07) is 10.0. The van der Waals surface area contributed by atoms with Gasteiger partial charge < -0.3 is 14.9 Å². The van der Waals surface area contributed by atoms with Crippen LogP contribution in [0.5, 0.6) is 0 Å². The van der Waals surface area contributed by atoms with E-state index in [-0.39, 0.29) is 13.2 Å². The summed E-state index contributed by atoms with van der Waals surface area (Å²) in [6.45, 7) is 4.33. The minimum Gasteiger partial charge on any atom is -0.394 e. The number of aliphatic hydroxyl groups excluding tert-OH is 2. The number of rotatable bonds is 5. The van der Waals surface area contributed by atoms with Gasteiger partial charge in [0.2, 0.25) is 0 Å². The summed E-state index contributed by atoms with van der Waals surface area (Å²) in [5, 5.41) is 16.2. The fourth-order valence-corrected chi connectivity index (χ4v) is 0.820. The highest BCUT2D eigenvalue weighted by Crippen LogP contribution is 1.97. The first-order valence-electron chi connectivity index (χ1n) is 4.82. The maximum absolute atomic E-state index is 8.09. The molecule has 84 valence electrons. The standard InChI is InChI=1S/C8H8.C4H10O3/c1-2-8-6-4-3-5-7-8;5-1-3-7-4-2-6/h2-7H,1H2;5-6H,1-4H2. The summed E-state index contributed by atoms with van der Waals surface area (Å²) >= 11 is 0. The molecular formula is C12H18O3. The van der Waals surface area contributed by atoms with Gasteiger partial charge in [0.25, 0.3) is 0 Å². The first-order valence-corrected chi connectivity index (χ1v) is 4.82. The summed E-state index contributed by atoms with van der Waals surface area (Å²) in [5.41, 5.74) is 1.17. The van der Waals surface area contributed by atoms with E-state index in [0.717, 1.165) is 0 Å². The number of hydrogen-bond acceptors (Lipinski definition) is 3. The van der Waals surface area contributed by atoms with Crippen molar-refractivity contribution in [1.29, 1.82) is 0 Å². The third-order valence-corrected chi connectivity index (χ3v) is 1.51. The van der Waals surface area contributed by atoms with E-state index < -0.39 is 0 Å². The van der Waals surface area contributed by atoms with Crippen LogP contribution in [0, 0.1) is 0 Å². The SMILES string of the molecule is C=Cc1ccccc1.OCCOCCO. The van der Waals surface area contributed by atoms with Gasteiger partial charge >= 0.3 is 0 Å². The summed E-state index contributed by atoms with van der Waals surface area (Å²) in [7, 11) is 0. The van der Waals surface area contributed by atoms with Crippen molar-refractivity contribution in [2.75, 3.05) is 26.4 Å². The Morgan fingerprint density at radius 3 is 1.93 bits per heavy atom. The lowest BCUT2D eigenvalue weighted by molar-refractivity contribution is 0.0650. The topological polar surface area (TPSA) is 49.7 Å². The van der Waals surface area contributed by atoms with Crippen molar-refractivity contribution in [3.63, 3.8) is 0 Å². The molecule has 0 aromatic heterocycles. The smallest absolute Gasteiger partial charge is 0.0698 e. The van der Waals surface area contributed by atoms with Gasteiger partial charge in [-0.1, -0.05) is 43.0 Å².